The number of benzene rings is 2. The van der Waals surface area contributed by atoms with Crippen LogP contribution < -0.4 is 9.64 Å². The number of ether oxygens (including phenoxy) is 1. The third kappa shape index (κ3) is 2.68. The maximum absolute atomic E-state index is 12.3. The summed E-state index contributed by atoms with van der Waals surface area (Å²) in [6.07, 6.45) is 0. The molecule has 22 heavy (non-hydrogen) atoms. The molecule has 5 nitrogen and oxygen atoms in total. The first kappa shape index (κ1) is 14.6. The molecular weight excluding hydrogens is 304 g/mol. The van der Waals surface area contributed by atoms with E-state index in [9.17, 15) is 4.79 Å². The van der Waals surface area contributed by atoms with Crippen LogP contribution in [0.2, 0.25) is 5.02 Å². The molecule has 2 aromatic carbocycles. The van der Waals surface area contributed by atoms with Gasteiger partial charge in [-0.1, -0.05) is 28.9 Å². The van der Waals surface area contributed by atoms with Crippen molar-refractivity contribution in [3.05, 3.63) is 59.1 Å². The van der Waals surface area contributed by atoms with Crippen molar-refractivity contribution in [1.29, 1.82) is 0 Å². The number of halogens is 1. The van der Waals surface area contributed by atoms with Gasteiger partial charge in [-0.2, -0.15) is 0 Å². The van der Waals surface area contributed by atoms with Crippen molar-refractivity contribution in [3.63, 3.8) is 0 Å². The summed E-state index contributed by atoms with van der Waals surface area (Å²) in [5.41, 5.74) is 1.56. The van der Waals surface area contributed by atoms with Crippen molar-refractivity contribution in [2.75, 3.05) is 13.2 Å². The largest absolute Gasteiger partial charge is 0.488 e. The molecule has 1 heterocycles. The van der Waals surface area contributed by atoms with Crippen LogP contribution >= 0.6 is 11.6 Å². The lowest BCUT2D eigenvalue weighted by Crippen LogP contribution is -3.09. The Morgan fingerprint density at radius 1 is 1.14 bits per heavy atom. The van der Waals surface area contributed by atoms with Gasteiger partial charge in [0, 0.05) is 11.1 Å². The molecule has 2 N–H and O–H groups in total. The van der Waals surface area contributed by atoms with Crippen molar-refractivity contribution in [2.45, 2.75) is 0 Å². The summed E-state index contributed by atoms with van der Waals surface area (Å²) in [5.74, 6) is 0.447. The average molecular weight is 318 g/mol. The van der Waals surface area contributed by atoms with Gasteiger partial charge in [-0.25, -0.2) is 9.69 Å². The Morgan fingerprint density at radius 3 is 2.59 bits per heavy atom. The van der Waals surface area contributed by atoms with Crippen molar-refractivity contribution in [3.8, 4) is 5.75 Å². The second-order valence-corrected chi connectivity index (χ2v) is 5.29. The minimum Gasteiger partial charge on any atom is -0.488 e. The Morgan fingerprint density at radius 2 is 1.86 bits per heavy atom. The number of carbonyl (C=O) groups is 1. The van der Waals surface area contributed by atoms with E-state index < -0.39 is 0 Å². The fraction of sp³-hybridized carbons (Fsp3) is 0.125. The Kier molecular flexibility index (Phi) is 4.09. The van der Waals surface area contributed by atoms with Gasteiger partial charge in [0.05, 0.1) is 5.56 Å². The van der Waals surface area contributed by atoms with Crippen LogP contribution in [0.4, 0.5) is 5.69 Å². The first-order chi connectivity index (χ1) is 10.7. The summed E-state index contributed by atoms with van der Waals surface area (Å²) in [4.78, 5) is 12.9. The lowest BCUT2D eigenvalue weighted by molar-refractivity contribution is -0.742. The van der Waals surface area contributed by atoms with Crippen molar-refractivity contribution in [2.24, 2.45) is 5.16 Å². The van der Waals surface area contributed by atoms with Crippen LogP contribution in [0.5, 0.6) is 5.75 Å². The molecular formula is C16H14ClN2O3+. The molecule has 1 aliphatic rings. The highest BCUT2D eigenvalue weighted by atomic mass is 35.5. The van der Waals surface area contributed by atoms with E-state index in [1.807, 2.05) is 18.2 Å². The van der Waals surface area contributed by atoms with E-state index in [1.165, 1.54) is 0 Å². The molecule has 1 amide bonds. The first-order valence-electron chi connectivity index (χ1n) is 6.81. The number of fused-ring (bicyclic) bond motifs is 1. The highest BCUT2D eigenvalue weighted by molar-refractivity contribution is 6.45. The van der Waals surface area contributed by atoms with Crippen LogP contribution in [0.25, 0.3) is 0 Å². The van der Waals surface area contributed by atoms with E-state index in [4.69, 9.17) is 21.5 Å². The van der Waals surface area contributed by atoms with E-state index in [0.717, 1.165) is 5.69 Å². The number of para-hydroxylation sites is 1. The fourth-order valence-corrected chi connectivity index (χ4v) is 2.62. The fourth-order valence-electron chi connectivity index (χ4n) is 2.49. The normalized spacial score (nSPS) is 18.5. The summed E-state index contributed by atoms with van der Waals surface area (Å²) in [6.45, 7) is 0.799. The van der Waals surface area contributed by atoms with Gasteiger partial charge >= 0.3 is 5.91 Å². The third-order valence-electron chi connectivity index (χ3n) is 3.53. The highest BCUT2D eigenvalue weighted by Gasteiger charge is 2.40. The second kappa shape index (κ2) is 6.17. The number of nitrogens with one attached hydrogen (secondary N) is 1. The van der Waals surface area contributed by atoms with Crippen LogP contribution in [0.1, 0.15) is 5.56 Å². The van der Waals surface area contributed by atoms with E-state index in [1.54, 1.807) is 30.3 Å². The molecule has 0 bridgehead atoms. The molecule has 1 atom stereocenters. The van der Waals surface area contributed by atoms with Crippen molar-refractivity contribution < 1.29 is 19.6 Å². The molecule has 112 valence electrons. The SMILES string of the molecule is O=C1C(=NO)c2ccccc2[NH+]1CCOc1ccc(Cl)cc1. The average Bonchev–Trinajstić information content (AvgIpc) is 2.81. The zero-order valence-corrected chi connectivity index (χ0v) is 12.4. The zero-order chi connectivity index (χ0) is 15.5. The van der Waals surface area contributed by atoms with Crippen LogP contribution in [0.15, 0.2) is 53.7 Å². The van der Waals surface area contributed by atoms with Gasteiger partial charge in [0.1, 0.15) is 24.6 Å². The summed E-state index contributed by atoms with van der Waals surface area (Å²) in [6, 6.07) is 14.3. The molecule has 0 spiro atoms. The van der Waals surface area contributed by atoms with E-state index in [-0.39, 0.29) is 11.6 Å². The van der Waals surface area contributed by atoms with E-state index in [0.29, 0.717) is 34.4 Å². The molecule has 1 aliphatic heterocycles. The lowest BCUT2D eigenvalue weighted by atomic mass is 10.1. The molecule has 0 saturated heterocycles. The number of quaternary nitrogens is 1. The maximum atomic E-state index is 12.3. The molecule has 2 aromatic rings. The van der Waals surface area contributed by atoms with E-state index >= 15 is 0 Å². The van der Waals surface area contributed by atoms with Gasteiger partial charge in [0.2, 0.25) is 5.71 Å². The smallest absolute Gasteiger partial charge is 0.372 e. The molecule has 6 heteroatoms. The maximum Gasteiger partial charge on any atom is 0.372 e. The number of hydrogen-bond acceptors (Lipinski definition) is 4. The van der Waals surface area contributed by atoms with Crippen LogP contribution in [-0.4, -0.2) is 30.0 Å². The van der Waals surface area contributed by atoms with Gasteiger partial charge in [-0.3, -0.25) is 0 Å². The Bertz CT molecular complexity index is 728. The summed E-state index contributed by atoms with van der Waals surface area (Å²) < 4.78 is 5.62. The number of oxime groups is 1. The Balaban J connectivity index is 1.70. The van der Waals surface area contributed by atoms with Gasteiger partial charge in [0.15, 0.2) is 0 Å². The second-order valence-electron chi connectivity index (χ2n) is 4.85. The number of nitrogens with zero attached hydrogens (tertiary/aromatic N) is 1. The molecule has 0 aromatic heterocycles. The predicted octanol–water partition coefficient (Wildman–Crippen LogP) is 1.65. The highest BCUT2D eigenvalue weighted by Crippen LogP contribution is 2.17. The molecule has 0 fully saturated rings. The molecule has 0 saturated carbocycles. The zero-order valence-electron chi connectivity index (χ0n) is 11.6. The van der Waals surface area contributed by atoms with Crippen LogP contribution in [0.3, 0.4) is 0 Å². The summed E-state index contributed by atoms with van der Waals surface area (Å²) >= 11 is 5.82. The predicted molar refractivity (Wildman–Crippen MR) is 82.2 cm³/mol. The number of carbonyl (C=O) groups excluding carboxylic acids is 1. The third-order valence-corrected chi connectivity index (χ3v) is 3.78. The number of hydrogen-bond donors (Lipinski definition) is 2. The van der Waals surface area contributed by atoms with Crippen LogP contribution in [-0.2, 0) is 4.79 Å². The molecule has 0 aliphatic carbocycles. The molecule has 3 rings (SSSR count). The lowest BCUT2D eigenvalue weighted by Gasteiger charge is -2.11. The van der Waals surface area contributed by atoms with Gasteiger partial charge in [-0.05, 0) is 30.3 Å². The monoisotopic (exact) mass is 317 g/mol. The summed E-state index contributed by atoms with van der Waals surface area (Å²) in [5, 5.41) is 12.8. The molecule has 0 radical (unpaired) electrons. The number of amides is 1. The number of rotatable bonds is 4. The summed E-state index contributed by atoms with van der Waals surface area (Å²) in [7, 11) is 0. The van der Waals surface area contributed by atoms with Crippen molar-refractivity contribution >= 4 is 28.9 Å². The molecule has 1 unspecified atom stereocenters. The first-order valence-corrected chi connectivity index (χ1v) is 7.19. The minimum absolute atomic E-state index is 0.0945. The van der Waals surface area contributed by atoms with Crippen molar-refractivity contribution in [1.82, 2.24) is 0 Å². The van der Waals surface area contributed by atoms with E-state index in [2.05, 4.69) is 5.16 Å². The quantitative estimate of drug-likeness (QED) is 0.666. The van der Waals surface area contributed by atoms with Gasteiger partial charge in [0.25, 0.3) is 0 Å². The standard InChI is InChI=1S/C16H13ClN2O3/c17-11-5-7-12(8-6-11)22-10-9-19-14-4-2-1-3-13(14)15(18-21)16(19)20/h1-8,21H,9-10H2/p+1. The minimum atomic E-state index is -0.247. The Labute approximate surface area is 132 Å². The Hall–Kier alpha value is -2.37. The van der Waals surface area contributed by atoms with Gasteiger partial charge < -0.3 is 9.94 Å². The van der Waals surface area contributed by atoms with Crippen LogP contribution in [0, 0.1) is 0 Å². The van der Waals surface area contributed by atoms with Gasteiger partial charge in [-0.15, -0.1) is 0 Å². The topological polar surface area (TPSA) is 63.3 Å².